The molecule has 0 aliphatic carbocycles. The number of fused-ring (bicyclic) bond motifs is 1. The minimum atomic E-state index is -0.514. The third-order valence-electron chi connectivity index (χ3n) is 3.21. The lowest BCUT2D eigenvalue weighted by atomic mass is 10.1. The summed E-state index contributed by atoms with van der Waals surface area (Å²) in [6.45, 7) is 4.35. The molecule has 1 aromatic heterocycles. The molecule has 0 fully saturated rings. The Bertz CT molecular complexity index is 652. The first-order valence-corrected chi connectivity index (χ1v) is 8.39. The van der Waals surface area contributed by atoms with Crippen LogP contribution >= 0.6 is 31.9 Å². The number of H-pyrrole nitrogens is 1. The molecule has 1 heterocycles. The summed E-state index contributed by atoms with van der Waals surface area (Å²) in [5.74, 6) is 0.219. The predicted molar refractivity (Wildman–Crippen MR) is 91.5 cm³/mol. The fourth-order valence-electron chi connectivity index (χ4n) is 2.24. The Balaban J connectivity index is 2.11. The Morgan fingerprint density at radius 3 is 2.67 bits per heavy atom. The van der Waals surface area contributed by atoms with Crippen molar-refractivity contribution >= 4 is 48.7 Å². The highest BCUT2D eigenvalue weighted by Gasteiger charge is 2.15. The molecule has 0 aliphatic rings. The standard InChI is InChI=1S/C15H18Br2N2O2/c1-8(2)3-9(20)6-19-15(21)11-7-18-14-5-13(17)12(16)4-10(11)14/h4-5,7-9,18,20H,3,6H2,1-2H3,(H,19,21). The highest BCUT2D eigenvalue weighted by Crippen LogP contribution is 2.30. The van der Waals surface area contributed by atoms with Gasteiger partial charge in [0.05, 0.1) is 11.7 Å². The highest BCUT2D eigenvalue weighted by atomic mass is 79.9. The van der Waals surface area contributed by atoms with Crippen molar-refractivity contribution in [3.05, 3.63) is 32.8 Å². The number of halogens is 2. The van der Waals surface area contributed by atoms with E-state index in [0.717, 1.165) is 19.8 Å². The third-order valence-corrected chi connectivity index (χ3v) is 5.05. The molecular weight excluding hydrogens is 400 g/mol. The van der Waals surface area contributed by atoms with Gasteiger partial charge in [0.1, 0.15) is 0 Å². The van der Waals surface area contributed by atoms with Gasteiger partial charge in [-0.2, -0.15) is 0 Å². The second-order valence-corrected chi connectivity index (χ2v) is 7.22. The summed E-state index contributed by atoms with van der Waals surface area (Å²) in [5, 5.41) is 13.5. The van der Waals surface area contributed by atoms with E-state index < -0.39 is 6.10 Å². The summed E-state index contributed by atoms with van der Waals surface area (Å²) in [4.78, 5) is 15.3. The molecule has 0 saturated carbocycles. The van der Waals surface area contributed by atoms with Gasteiger partial charge in [-0.25, -0.2) is 0 Å². The number of carbonyl (C=O) groups is 1. The first-order chi connectivity index (χ1) is 9.88. The minimum absolute atomic E-state index is 0.182. The fourth-order valence-corrected chi connectivity index (χ4v) is 2.92. The van der Waals surface area contributed by atoms with Crippen LogP contribution in [0, 0.1) is 5.92 Å². The van der Waals surface area contributed by atoms with Crippen molar-refractivity contribution in [1.82, 2.24) is 10.3 Å². The molecule has 2 aromatic rings. The lowest BCUT2D eigenvalue weighted by Gasteiger charge is -2.13. The van der Waals surface area contributed by atoms with E-state index in [1.165, 1.54) is 0 Å². The van der Waals surface area contributed by atoms with Gasteiger partial charge in [0.25, 0.3) is 5.91 Å². The molecule has 0 radical (unpaired) electrons. The van der Waals surface area contributed by atoms with Gasteiger partial charge in [-0.05, 0) is 56.3 Å². The van der Waals surface area contributed by atoms with Crippen molar-refractivity contribution in [1.29, 1.82) is 0 Å². The minimum Gasteiger partial charge on any atom is -0.391 e. The number of aromatic amines is 1. The molecule has 0 aliphatic heterocycles. The molecule has 0 spiro atoms. The third kappa shape index (κ3) is 4.08. The Morgan fingerprint density at radius 1 is 1.33 bits per heavy atom. The van der Waals surface area contributed by atoms with Crippen LogP contribution in [0.2, 0.25) is 0 Å². The van der Waals surface area contributed by atoms with Gasteiger partial charge in [-0.15, -0.1) is 0 Å². The van der Waals surface area contributed by atoms with Crippen molar-refractivity contribution in [2.45, 2.75) is 26.4 Å². The van der Waals surface area contributed by atoms with Crippen molar-refractivity contribution in [2.75, 3.05) is 6.54 Å². The number of rotatable bonds is 5. The maximum absolute atomic E-state index is 12.2. The van der Waals surface area contributed by atoms with Crippen LogP contribution in [0.4, 0.5) is 0 Å². The summed E-state index contributed by atoms with van der Waals surface area (Å²) in [7, 11) is 0. The van der Waals surface area contributed by atoms with Crippen molar-refractivity contribution in [3.8, 4) is 0 Å². The topological polar surface area (TPSA) is 65.1 Å². The van der Waals surface area contributed by atoms with Crippen LogP contribution in [0.1, 0.15) is 30.6 Å². The number of amides is 1. The summed E-state index contributed by atoms with van der Waals surface area (Å²) < 4.78 is 1.82. The van der Waals surface area contributed by atoms with Crippen molar-refractivity contribution in [2.24, 2.45) is 5.92 Å². The normalized spacial score (nSPS) is 12.9. The lowest BCUT2D eigenvalue weighted by Crippen LogP contribution is -2.32. The van der Waals surface area contributed by atoms with Crippen LogP contribution in [0.3, 0.4) is 0 Å². The highest BCUT2D eigenvalue weighted by molar-refractivity contribution is 9.13. The molecule has 114 valence electrons. The van der Waals surface area contributed by atoms with Crippen molar-refractivity contribution < 1.29 is 9.90 Å². The average molecular weight is 418 g/mol. The van der Waals surface area contributed by atoms with Crippen LogP contribution in [0.25, 0.3) is 10.9 Å². The van der Waals surface area contributed by atoms with Gasteiger partial charge in [0.15, 0.2) is 0 Å². The quantitative estimate of drug-likeness (QED) is 0.692. The molecule has 1 unspecified atom stereocenters. The molecule has 1 atom stereocenters. The smallest absolute Gasteiger partial charge is 0.253 e. The van der Waals surface area contributed by atoms with E-state index in [9.17, 15) is 9.90 Å². The van der Waals surface area contributed by atoms with Gasteiger partial charge in [-0.1, -0.05) is 13.8 Å². The van der Waals surface area contributed by atoms with E-state index in [2.05, 4.69) is 42.2 Å². The molecule has 4 nitrogen and oxygen atoms in total. The van der Waals surface area contributed by atoms with Gasteiger partial charge in [-0.3, -0.25) is 4.79 Å². The number of aliphatic hydroxyl groups excluding tert-OH is 1. The van der Waals surface area contributed by atoms with Gasteiger partial charge < -0.3 is 15.4 Å². The molecule has 21 heavy (non-hydrogen) atoms. The molecule has 0 saturated heterocycles. The summed E-state index contributed by atoms with van der Waals surface area (Å²) in [5.41, 5.74) is 1.47. The van der Waals surface area contributed by atoms with E-state index in [1.54, 1.807) is 6.20 Å². The number of carbonyl (C=O) groups excluding carboxylic acids is 1. The van der Waals surface area contributed by atoms with Gasteiger partial charge >= 0.3 is 0 Å². The summed E-state index contributed by atoms with van der Waals surface area (Å²) in [6.07, 6.45) is 1.85. The molecule has 1 aromatic carbocycles. The maximum Gasteiger partial charge on any atom is 0.253 e. The zero-order valence-corrected chi connectivity index (χ0v) is 15.1. The van der Waals surface area contributed by atoms with E-state index in [4.69, 9.17) is 0 Å². The Hall–Kier alpha value is -0.850. The number of benzene rings is 1. The molecular formula is C15H18Br2N2O2. The summed E-state index contributed by atoms with van der Waals surface area (Å²) in [6, 6.07) is 3.82. The number of hydrogen-bond donors (Lipinski definition) is 3. The van der Waals surface area contributed by atoms with Gasteiger partial charge in [0, 0.05) is 32.6 Å². The zero-order chi connectivity index (χ0) is 15.6. The van der Waals surface area contributed by atoms with Crippen LogP contribution in [-0.2, 0) is 0 Å². The summed E-state index contributed by atoms with van der Waals surface area (Å²) >= 11 is 6.88. The molecule has 6 heteroatoms. The van der Waals surface area contributed by atoms with Crippen LogP contribution in [0.15, 0.2) is 27.3 Å². The number of aromatic nitrogens is 1. The predicted octanol–water partition coefficient (Wildman–Crippen LogP) is 3.83. The SMILES string of the molecule is CC(C)CC(O)CNC(=O)c1c[nH]c2cc(Br)c(Br)cc12. The van der Waals surface area contributed by atoms with Crippen LogP contribution < -0.4 is 5.32 Å². The number of aliphatic hydroxyl groups is 1. The van der Waals surface area contributed by atoms with Crippen LogP contribution in [-0.4, -0.2) is 28.6 Å². The van der Waals surface area contributed by atoms with Crippen molar-refractivity contribution in [3.63, 3.8) is 0 Å². The average Bonchev–Trinajstić information content (AvgIpc) is 2.78. The first kappa shape index (κ1) is 16.5. The Morgan fingerprint density at radius 2 is 2.00 bits per heavy atom. The van der Waals surface area contributed by atoms with Gasteiger partial charge in [0.2, 0.25) is 0 Å². The second kappa shape index (κ2) is 6.94. The lowest BCUT2D eigenvalue weighted by molar-refractivity contribution is 0.0902. The Kier molecular flexibility index (Phi) is 5.46. The van der Waals surface area contributed by atoms with E-state index in [0.29, 0.717) is 17.9 Å². The molecule has 0 bridgehead atoms. The number of hydrogen-bond acceptors (Lipinski definition) is 2. The first-order valence-electron chi connectivity index (χ1n) is 6.81. The second-order valence-electron chi connectivity index (χ2n) is 5.51. The van der Waals surface area contributed by atoms with E-state index in [-0.39, 0.29) is 12.5 Å². The largest absolute Gasteiger partial charge is 0.391 e. The fraction of sp³-hybridized carbons (Fsp3) is 0.400. The van der Waals surface area contributed by atoms with E-state index in [1.807, 2.05) is 26.0 Å². The number of nitrogens with one attached hydrogen (secondary N) is 2. The molecule has 3 N–H and O–H groups in total. The zero-order valence-electron chi connectivity index (χ0n) is 11.9. The van der Waals surface area contributed by atoms with E-state index >= 15 is 0 Å². The maximum atomic E-state index is 12.2. The van der Waals surface area contributed by atoms with Crippen LogP contribution in [0.5, 0.6) is 0 Å². The molecule has 1 amide bonds. The molecule has 2 rings (SSSR count). The monoisotopic (exact) mass is 416 g/mol. The Labute approximate surface area is 140 Å².